The Morgan fingerprint density at radius 3 is 2.50 bits per heavy atom. The van der Waals surface area contributed by atoms with Gasteiger partial charge in [-0.1, -0.05) is 13.8 Å². The van der Waals surface area contributed by atoms with E-state index in [2.05, 4.69) is 19.2 Å². The maximum absolute atomic E-state index is 12.3. The fraction of sp³-hybridized carbons (Fsp3) is 0.938. The SMILES string of the molecule is COC(=O)C(COCCCC(C)C)(NC1CC1)C1CC1. The van der Waals surface area contributed by atoms with E-state index in [1.807, 2.05) is 0 Å². The molecule has 2 rings (SSSR count). The summed E-state index contributed by atoms with van der Waals surface area (Å²) in [6, 6.07) is 0.481. The molecule has 0 radical (unpaired) electrons. The topological polar surface area (TPSA) is 47.6 Å². The van der Waals surface area contributed by atoms with Gasteiger partial charge in [-0.2, -0.15) is 0 Å². The van der Waals surface area contributed by atoms with Crippen LogP contribution in [0.3, 0.4) is 0 Å². The molecule has 116 valence electrons. The molecule has 2 aliphatic rings. The van der Waals surface area contributed by atoms with E-state index in [9.17, 15) is 4.79 Å². The highest BCUT2D eigenvalue weighted by atomic mass is 16.5. The van der Waals surface area contributed by atoms with Gasteiger partial charge in [0.25, 0.3) is 0 Å². The van der Waals surface area contributed by atoms with Crippen LogP contribution in [-0.2, 0) is 14.3 Å². The molecule has 2 fully saturated rings. The number of hydrogen-bond donors (Lipinski definition) is 1. The Hall–Kier alpha value is -0.610. The normalized spacial score (nSPS) is 21.8. The summed E-state index contributed by atoms with van der Waals surface area (Å²) in [5.41, 5.74) is -0.590. The molecule has 1 unspecified atom stereocenters. The second-order valence-corrected chi connectivity index (χ2v) is 6.74. The predicted molar refractivity (Wildman–Crippen MR) is 78.5 cm³/mol. The maximum Gasteiger partial charge on any atom is 0.328 e. The van der Waals surface area contributed by atoms with Crippen LogP contribution >= 0.6 is 0 Å². The maximum atomic E-state index is 12.3. The Morgan fingerprint density at radius 1 is 1.30 bits per heavy atom. The van der Waals surface area contributed by atoms with Crippen molar-refractivity contribution in [2.24, 2.45) is 11.8 Å². The summed E-state index contributed by atoms with van der Waals surface area (Å²) in [5.74, 6) is 0.952. The molecule has 0 saturated heterocycles. The van der Waals surface area contributed by atoms with Crippen molar-refractivity contribution < 1.29 is 14.3 Å². The lowest BCUT2D eigenvalue weighted by molar-refractivity contribution is -0.153. The van der Waals surface area contributed by atoms with Gasteiger partial charge in [0.15, 0.2) is 0 Å². The number of rotatable bonds is 10. The summed E-state index contributed by atoms with van der Waals surface area (Å²) in [6.07, 6.45) is 6.76. The van der Waals surface area contributed by atoms with Gasteiger partial charge in [-0.25, -0.2) is 4.79 Å². The molecule has 0 bridgehead atoms. The third kappa shape index (κ3) is 4.19. The summed E-state index contributed by atoms with van der Waals surface area (Å²) in [7, 11) is 1.48. The van der Waals surface area contributed by atoms with E-state index in [1.165, 1.54) is 26.4 Å². The molecule has 1 atom stereocenters. The van der Waals surface area contributed by atoms with Gasteiger partial charge in [-0.3, -0.25) is 5.32 Å². The predicted octanol–water partition coefficient (Wildman–Crippen LogP) is 2.51. The van der Waals surface area contributed by atoms with Crippen LogP contribution in [0.1, 0.15) is 52.4 Å². The van der Waals surface area contributed by atoms with Crippen molar-refractivity contribution in [2.75, 3.05) is 20.3 Å². The number of ether oxygens (including phenoxy) is 2. The molecular weight excluding hydrogens is 254 g/mol. The minimum absolute atomic E-state index is 0.143. The standard InChI is InChI=1S/C16H29NO3/c1-12(2)5-4-10-20-11-16(13-6-7-13,15(18)19-3)17-14-8-9-14/h12-14,17H,4-11H2,1-3H3. The second-order valence-electron chi connectivity index (χ2n) is 6.74. The molecule has 4 heteroatoms. The summed E-state index contributed by atoms with van der Waals surface area (Å²) < 4.78 is 10.9. The van der Waals surface area contributed by atoms with Crippen LogP contribution in [0.15, 0.2) is 0 Å². The van der Waals surface area contributed by atoms with E-state index < -0.39 is 5.54 Å². The van der Waals surface area contributed by atoms with Gasteiger partial charge in [-0.15, -0.1) is 0 Å². The lowest BCUT2D eigenvalue weighted by Crippen LogP contribution is -2.59. The summed E-state index contributed by atoms with van der Waals surface area (Å²) in [6.45, 7) is 5.63. The molecule has 0 amide bonds. The van der Waals surface area contributed by atoms with Gasteiger partial charge >= 0.3 is 5.97 Å². The van der Waals surface area contributed by atoms with E-state index in [1.54, 1.807) is 0 Å². The number of carbonyl (C=O) groups excluding carboxylic acids is 1. The minimum atomic E-state index is -0.590. The summed E-state index contributed by atoms with van der Waals surface area (Å²) >= 11 is 0. The van der Waals surface area contributed by atoms with Crippen molar-refractivity contribution in [1.29, 1.82) is 0 Å². The first-order chi connectivity index (χ1) is 9.58. The smallest absolute Gasteiger partial charge is 0.328 e. The molecule has 0 aliphatic heterocycles. The average molecular weight is 283 g/mol. The van der Waals surface area contributed by atoms with Crippen molar-refractivity contribution in [3.63, 3.8) is 0 Å². The highest BCUT2D eigenvalue weighted by molar-refractivity contribution is 5.82. The highest BCUT2D eigenvalue weighted by Gasteiger charge is 2.54. The molecule has 0 heterocycles. The third-order valence-corrected chi connectivity index (χ3v) is 4.26. The molecule has 1 N–H and O–H groups in total. The quantitative estimate of drug-likeness (QED) is 0.494. The lowest BCUT2D eigenvalue weighted by Gasteiger charge is -2.32. The fourth-order valence-corrected chi connectivity index (χ4v) is 2.74. The Labute approximate surface area is 122 Å². The van der Waals surface area contributed by atoms with Gasteiger partial charge in [0.05, 0.1) is 13.7 Å². The van der Waals surface area contributed by atoms with E-state index >= 15 is 0 Å². The molecule has 2 aliphatic carbocycles. The molecule has 0 spiro atoms. The van der Waals surface area contributed by atoms with Crippen LogP contribution in [0.2, 0.25) is 0 Å². The van der Waals surface area contributed by atoms with Gasteiger partial charge in [0.2, 0.25) is 0 Å². The van der Waals surface area contributed by atoms with Crippen LogP contribution in [0.4, 0.5) is 0 Å². The Morgan fingerprint density at radius 2 is 2.00 bits per heavy atom. The van der Waals surface area contributed by atoms with Gasteiger partial charge in [0.1, 0.15) is 5.54 Å². The van der Waals surface area contributed by atoms with Gasteiger partial charge < -0.3 is 9.47 Å². The molecule has 2 saturated carbocycles. The summed E-state index contributed by atoms with van der Waals surface area (Å²) in [5, 5.41) is 3.52. The lowest BCUT2D eigenvalue weighted by atomic mass is 9.93. The minimum Gasteiger partial charge on any atom is -0.468 e. The fourth-order valence-electron chi connectivity index (χ4n) is 2.74. The Kier molecular flexibility index (Phi) is 5.44. The van der Waals surface area contributed by atoms with Crippen molar-refractivity contribution in [1.82, 2.24) is 5.32 Å². The van der Waals surface area contributed by atoms with Crippen molar-refractivity contribution in [2.45, 2.75) is 64.0 Å². The molecule has 4 nitrogen and oxygen atoms in total. The first-order valence-electron chi connectivity index (χ1n) is 8.02. The number of hydrogen-bond acceptors (Lipinski definition) is 4. The number of methoxy groups -OCH3 is 1. The number of esters is 1. The monoisotopic (exact) mass is 283 g/mol. The van der Waals surface area contributed by atoms with Crippen molar-refractivity contribution in [3.8, 4) is 0 Å². The van der Waals surface area contributed by atoms with Crippen molar-refractivity contribution in [3.05, 3.63) is 0 Å². The average Bonchev–Trinajstić information content (AvgIpc) is 3.27. The first-order valence-corrected chi connectivity index (χ1v) is 8.02. The first kappa shape index (κ1) is 15.8. The Bertz CT molecular complexity index is 324. The van der Waals surface area contributed by atoms with E-state index in [4.69, 9.17) is 9.47 Å². The zero-order chi connectivity index (χ0) is 14.6. The largest absolute Gasteiger partial charge is 0.468 e. The van der Waals surface area contributed by atoms with Crippen LogP contribution in [0.25, 0.3) is 0 Å². The number of nitrogens with one attached hydrogen (secondary N) is 1. The van der Waals surface area contributed by atoms with Crippen LogP contribution in [-0.4, -0.2) is 37.9 Å². The van der Waals surface area contributed by atoms with E-state index in [0.29, 0.717) is 24.5 Å². The van der Waals surface area contributed by atoms with Crippen LogP contribution < -0.4 is 5.32 Å². The molecular formula is C16H29NO3. The molecule has 0 aromatic rings. The number of carbonyl (C=O) groups is 1. The Balaban J connectivity index is 1.86. The van der Waals surface area contributed by atoms with Crippen LogP contribution in [0, 0.1) is 11.8 Å². The zero-order valence-electron chi connectivity index (χ0n) is 13.1. The van der Waals surface area contributed by atoms with Gasteiger partial charge in [-0.05, 0) is 50.4 Å². The van der Waals surface area contributed by atoms with E-state index in [0.717, 1.165) is 25.9 Å². The zero-order valence-corrected chi connectivity index (χ0v) is 13.1. The highest BCUT2D eigenvalue weighted by Crippen LogP contribution is 2.42. The van der Waals surface area contributed by atoms with Crippen molar-refractivity contribution >= 4 is 5.97 Å². The third-order valence-electron chi connectivity index (χ3n) is 4.26. The van der Waals surface area contributed by atoms with Crippen LogP contribution in [0.5, 0.6) is 0 Å². The molecule has 20 heavy (non-hydrogen) atoms. The summed E-state index contributed by atoms with van der Waals surface area (Å²) in [4.78, 5) is 12.3. The second kappa shape index (κ2) is 6.90. The molecule has 0 aromatic heterocycles. The van der Waals surface area contributed by atoms with E-state index in [-0.39, 0.29) is 5.97 Å². The molecule has 0 aromatic carbocycles. The van der Waals surface area contributed by atoms with Gasteiger partial charge in [0, 0.05) is 12.6 Å².